The van der Waals surface area contributed by atoms with Gasteiger partial charge in [-0.15, -0.1) is 0 Å². The average Bonchev–Trinajstić information content (AvgIpc) is 2.55. The van der Waals surface area contributed by atoms with E-state index in [2.05, 4.69) is 9.97 Å². The van der Waals surface area contributed by atoms with E-state index < -0.39 is 17.8 Å². The van der Waals surface area contributed by atoms with Crippen LogP contribution in [0.25, 0.3) is 0 Å². The Balaban J connectivity index is 2.30. The van der Waals surface area contributed by atoms with Gasteiger partial charge in [0.05, 0.1) is 17.8 Å². The molecule has 2 aromatic rings. The summed E-state index contributed by atoms with van der Waals surface area (Å²) in [6, 6.07) is 4.48. The molecule has 2 rings (SSSR count). The Bertz CT molecular complexity index is 674. The lowest BCUT2D eigenvalue weighted by atomic mass is 10.0. The molecule has 7 heteroatoms. The van der Waals surface area contributed by atoms with Gasteiger partial charge in [0.25, 0.3) is 5.91 Å². The molecule has 0 spiro atoms. The Kier molecular flexibility index (Phi) is 4.98. The van der Waals surface area contributed by atoms with Gasteiger partial charge in [-0.3, -0.25) is 9.78 Å². The SMILES string of the molecule is CCN(C(=O)c1cnccn1)[C@H](C)c1cccc(C(F)(F)F)c1. The predicted molar refractivity (Wildman–Crippen MR) is 78.6 cm³/mol. The molecule has 122 valence electrons. The third-order valence-electron chi connectivity index (χ3n) is 3.55. The van der Waals surface area contributed by atoms with Crippen LogP contribution in [-0.4, -0.2) is 27.3 Å². The van der Waals surface area contributed by atoms with Crippen molar-refractivity contribution in [2.75, 3.05) is 6.54 Å². The summed E-state index contributed by atoms with van der Waals surface area (Å²) in [4.78, 5) is 21.7. The van der Waals surface area contributed by atoms with Crippen molar-refractivity contribution in [3.63, 3.8) is 0 Å². The first-order valence-electron chi connectivity index (χ1n) is 7.08. The molecule has 1 aromatic heterocycles. The van der Waals surface area contributed by atoms with Crippen LogP contribution in [0.4, 0.5) is 13.2 Å². The number of hydrogen-bond donors (Lipinski definition) is 0. The van der Waals surface area contributed by atoms with Crippen LogP contribution in [0.15, 0.2) is 42.9 Å². The topological polar surface area (TPSA) is 46.1 Å². The second kappa shape index (κ2) is 6.76. The van der Waals surface area contributed by atoms with Crippen molar-refractivity contribution in [2.24, 2.45) is 0 Å². The highest BCUT2D eigenvalue weighted by molar-refractivity contribution is 5.92. The number of amides is 1. The lowest BCUT2D eigenvalue weighted by molar-refractivity contribution is -0.137. The number of benzene rings is 1. The van der Waals surface area contributed by atoms with Crippen LogP contribution in [0.5, 0.6) is 0 Å². The largest absolute Gasteiger partial charge is 0.416 e. The summed E-state index contributed by atoms with van der Waals surface area (Å²) in [5.41, 5.74) is -0.156. The fourth-order valence-corrected chi connectivity index (χ4v) is 2.30. The van der Waals surface area contributed by atoms with Crippen molar-refractivity contribution < 1.29 is 18.0 Å². The fraction of sp³-hybridized carbons (Fsp3) is 0.312. The van der Waals surface area contributed by atoms with E-state index in [9.17, 15) is 18.0 Å². The lowest BCUT2D eigenvalue weighted by Crippen LogP contribution is -2.34. The molecule has 0 unspecified atom stereocenters. The third kappa shape index (κ3) is 3.85. The highest BCUT2D eigenvalue weighted by atomic mass is 19.4. The van der Waals surface area contributed by atoms with Crippen LogP contribution in [0.1, 0.15) is 41.5 Å². The maximum Gasteiger partial charge on any atom is 0.416 e. The van der Waals surface area contributed by atoms with Gasteiger partial charge in [-0.05, 0) is 31.5 Å². The van der Waals surface area contributed by atoms with Gasteiger partial charge in [-0.1, -0.05) is 12.1 Å². The van der Waals surface area contributed by atoms with E-state index in [1.807, 2.05) is 0 Å². The van der Waals surface area contributed by atoms with Gasteiger partial charge < -0.3 is 4.90 Å². The van der Waals surface area contributed by atoms with Gasteiger partial charge in [0, 0.05) is 18.9 Å². The predicted octanol–water partition coefficient (Wildman–Crippen LogP) is 3.72. The summed E-state index contributed by atoms with van der Waals surface area (Å²) < 4.78 is 38.5. The van der Waals surface area contributed by atoms with Crippen LogP contribution in [0.3, 0.4) is 0 Å². The van der Waals surface area contributed by atoms with E-state index in [4.69, 9.17) is 0 Å². The van der Waals surface area contributed by atoms with Gasteiger partial charge in [-0.25, -0.2) is 4.98 Å². The molecule has 0 saturated carbocycles. The summed E-state index contributed by atoms with van der Waals surface area (Å²) in [5.74, 6) is -0.370. The number of rotatable bonds is 4. The van der Waals surface area contributed by atoms with Crippen LogP contribution >= 0.6 is 0 Å². The zero-order chi connectivity index (χ0) is 17.0. The van der Waals surface area contributed by atoms with Gasteiger partial charge in [-0.2, -0.15) is 13.2 Å². The highest BCUT2D eigenvalue weighted by Crippen LogP contribution is 2.32. The van der Waals surface area contributed by atoms with Gasteiger partial charge in [0.15, 0.2) is 0 Å². The minimum atomic E-state index is -4.41. The minimum Gasteiger partial charge on any atom is -0.331 e. The summed E-state index contributed by atoms with van der Waals surface area (Å²) >= 11 is 0. The van der Waals surface area contributed by atoms with Crippen molar-refractivity contribution >= 4 is 5.91 Å². The van der Waals surface area contributed by atoms with Crippen LogP contribution in [-0.2, 0) is 6.18 Å². The molecular formula is C16H16F3N3O. The second-order valence-corrected chi connectivity index (χ2v) is 4.98. The molecule has 1 atom stereocenters. The molecule has 23 heavy (non-hydrogen) atoms. The molecule has 0 aliphatic carbocycles. The normalized spacial score (nSPS) is 12.7. The summed E-state index contributed by atoms with van der Waals surface area (Å²) in [6.07, 6.45) is -0.231. The van der Waals surface area contributed by atoms with E-state index in [-0.39, 0.29) is 11.6 Å². The first-order chi connectivity index (χ1) is 10.8. The molecule has 0 aliphatic heterocycles. The Morgan fingerprint density at radius 1 is 1.30 bits per heavy atom. The number of hydrogen-bond acceptors (Lipinski definition) is 3. The Morgan fingerprint density at radius 3 is 2.61 bits per heavy atom. The Labute approximate surface area is 132 Å². The van der Waals surface area contributed by atoms with Crippen molar-refractivity contribution in [1.29, 1.82) is 0 Å². The van der Waals surface area contributed by atoms with Crippen molar-refractivity contribution in [3.05, 3.63) is 59.7 Å². The first-order valence-corrected chi connectivity index (χ1v) is 7.08. The zero-order valence-corrected chi connectivity index (χ0v) is 12.7. The van der Waals surface area contributed by atoms with Crippen molar-refractivity contribution in [3.8, 4) is 0 Å². The quantitative estimate of drug-likeness (QED) is 0.861. The van der Waals surface area contributed by atoms with Crippen LogP contribution in [0, 0.1) is 0 Å². The van der Waals surface area contributed by atoms with Crippen molar-refractivity contribution in [1.82, 2.24) is 14.9 Å². The lowest BCUT2D eigenvalue weighted by Gasteiger charge is -2.28. The van der Waals surface area contributed by atoms with E-state index in [0.717, 1.165) is 12.1 Å². The smallest absolute Gasteiger partial charge is 0.331 e. The standard InChI is InChI=1S/C16H16F3N3O/c1-3-22(15(23)14-10-20-7-8-21-14)11(2)12-5-4-6-13(9-12)16(17,18)19/h4-11H,3H2,1-2H3/t11-/m1/s1. The summed E-state index contributed by atoms with van der Waals surface area (Å²) in [7, 11) is 0. The van der Waals surface area contributed by atoms with E-state index in [1.165, 1.54) is 29.6 Å². The molecule has 0 fully saturated rings. The van der Waals surface area contributed by atoms with E-state index >= 15 is 0 Å². The maximum atomic E-state index is 12.8. The zero-order valence-electron chi connectivity index (χ0n) is 12.7. The number of alkyl halides is 3. The molecule has 0 bridgehead atoms. The molecule has 0 N–H and O–H groups in total. The molecule has 0 saturated heterocycles. The highest BCUT2D eigenvalue weighted by Gasteiger charge is 2.31. The molecule has 0 radical (unpaired) electrons. The minimum absolute atomic E-state index is 0.160. The Hall–Kier alpha value is -2.44. The fourth-order valence-electron chi connectivity index (χ4n) is 2.30. The number of nitrogens with zero attached hydrogens (tertiary/aromatic N) is 3. The summed E-state index contributed by atoms with van der Waals surface area (Å²) in [6.45, 7) is 3.79. The maximum absolute atomic E-state index is 12.8. The monoisotopic (exact) mass is 323 g/mol. The van der Waals surface area contributed by atoms with E-state index in [1.54, 1.807) is 19.9 Å². The average molecular weight is 323 g/mol. The molecule has 1 amide bonds. The van der Waals surface area contributed by atoms with Crippen molar-refractivity contribution in [2.45, 2.75) is 26.1 Å². The van der Waals surface area contributed by atoms with Gasteiger partial charge >= 0.3 is 6.18 Å². The molecule has 1 aromatic carbocycles. The Morgan fingerprint density at radius 2 is 2.04 bits per heavy atom. The number of aromatic nitrogens is 2. The molecule has 4 nitrogen and oxygen atoms in total. The number of carbonyl (C=O) groups excluding carboxylic acids is 1. The molecule has 1 heterocycles. The number of halogens is 3. The van der Waals surface area contributed by atoms with Crippen LogP contribution < -0.4 is 0 Å². The molecular weight excluding hydrogens is 307 g/mol. The van der Waals surface area contributed by atoms with Gasteiger partial charge in [0.1, 0.15) is 5.69 Å². The first kappa shape index (κ1) is 16.9. The van der Waals surface area contributed by atoms with Gasteiger partial charge in [0.2, 0.25) is 0 Å². The van der Waals surface area contributed by atoms with Crippen LogP contribution in [0.2, 0.25) is 0 Å². The van der Waals surface area contributed by atoms with E-state index in [0.29, 0.717) is 12.1 Å². The molecule has 0 aliphatic rings. The second-order valence-electron chi connectivity index (χ2n) is 4.98. The summed E-state index contributed by atoms with van der Waals surface area (Å²) in [5, 5.41) is 0. The third-order valence-corrected chi connectivity index (χ3v) is 3.55. The number of carbonyl (C=O) groups is 1.